The highest BCUT2D eigenvalue weighted by molar-refractivity contribution is 5.86. The van der Waals surface area contributed by atoms with Gasteiger partial charge in [-0.05, 0) is 12.1 Å². The number of aliphatic hydroxyl groups is 5. The number of aromatic hydroxyl groups is 2. The number of hydrogen-bond donors (Lipinski definition) is 9. The zero-order chi connectivity index (χ0) is 35.2. The molecule has 260 valence electrons. The molecule has 2 saturated heterocycles. The predicted molar refractivity (Wildman–Crippen MR) is 152 cm³/mol. The van der Waals surface area contributed by atoms with Crippen molar-refractivity contribution >= 4 is 22.9 Å². The Labute approximate surface area is 267 Å². The molecule has 0 spiro atoms. The van der Waals surface area contributed by atoms with Gasteiger partial charge < -0.3 is 78.8 Å². The van der Waals surface area contributed by atoms with Crippen LogP contribution in [0.5, 0.6) is 28.7 Å². The molecule has 2 aliphatic rings. The van der Waals surface area contributed by atoms with Crippen LogP contribution in [-0.2, 0) is 23.8 Å². The Bertz CT molecular complexity index is 1730. The minimum Gasteiger partial charge on any atom is -0.507 e. The summed E-state index contributed by atoms with van der Waals surface area (Å²) in [6, 6.07) is 5.78. The topological polar surface area (TPSA) is 302 Å². The highest BCUT2D eigenvalue weighted by Crippen LogP contribution is 2.41. The summed E-state index contributed by atoms with van der Waals surface area (Å²) in [5.74, 6) is -4.92. The van der Waals surface area contributed by atoms with E-state index in [2.05, 4.69) is 0 Å². The number of fused-ring (bicyclic) bond motifs is 1. The van der Waals surface area contributed by atoms with Crippen molar-refractivity contribution in [2.45, 2.75) is 61.4 Å². The fourth-order valence-electron chi connectivity index (χ4n) is 5.23. The smallest absolute Gasteiger partial charge is 0.335 e. The molecule has 19 nitrogen and oxygen atoms in total. The number of carboxylic acids is 2. The lowest BCUT2D eigenvalue weighted by atomic mass is 9.96. The van der Waals surface area contributed by atoms with Crippen LogP contribution in [-0.4, -0.2) is 134 Å². The molecule has 10 atom stereocenters. The van der Waals surface area contributed by atoms with Crippen molar-refractivity contribution in [1.29, 1.82) is 0 Å². The Kier molecular flexibility index (Phi) is 9.67. The van der Waals surface area contributed by atoms with E-state index in [0.29, 0.717) is 0 Å². The third-order valence-electron chi connectivity index (χ3n) is 7.69. The van der Waals surface area contributed by atoms with Crippen LogP contribution in [0, 0.1) is 0 Å². The average Bonchev–Trinajstić information content (AvgIpc) is 3.03. The lowest BCUT2D eigenvalue weighted by Gasteiger charge is -2.44. The zero-order valence-corrected chi connectivity index (χ0v) is 24.8. The highest BCUT2D eigenvalue weighted by Gasteiger charge is 2.54. The summed E-state index contributed by atoms with van der Waals surface area (Å²) >= 11 is 0. The van der Waals surface area contributed by atoms with Crippen LogP contribution in [0.2, 0.25) is 0 Å². The number of hydrogen-bond acceptors (Lipinski definition) is 17. The maximum Gasteiger partial charge on any atom is 0.335 e. The van der Waals surface area contributed by atoms with E-state index in [1.54, 1.807) is 0 Å². The first-order valence-electron chi connectivity index (χ1n) is 13.9. The van der Waals surface area contributed by atoms with Gasteiger partial charge >= 0.3 is 11.9 Å². The maximum atomic E-state index is 13.0. The summed E-state index contributed by atoms with van der Waals surface area (Å²) in [6.45, 7) is 0. The van der Waals surface area contributed by atoms with Gasteiger partial charge in [0.1, 0.15) is 64.9 Å². The first-order chi connectivity index (χ1) is 22.7. The molecule has 3 aromatic rings. The Morgan fingerprint density at radius 3 is 1.90 bits per heavy atom. The van der Waals surface area contributed by atoms with E-state index in [1.807, 2.05) is 0 Å². The van der Waals surface area contributed by atoms with Crippen molar-refractivity contribution in [3.8, 4) is 40.1 Å². The van der Waals surface area contributed by atoms with Gasteiger partial charge in [0.2, 0.25) is 12.0 Å². The monoisotopic (exact) mass is 682 g/mol. The van der Waals surface area contributed by atoms with Gasteiger partial charge in [-0.2, -0.15) is 0 Å². The summed E-state index contributed by atoms with van der Waals surface area (Å²) in [6.07, 6.45) is -21.0. The molecular weight excluding hydrogens is 652 g/mol. The number of carboxylic acid groups (broad SMARTS) is 2. The van der Waals surface area contributed by atoms with Crippen molar-refractivity contribution in [2.24, 2.45) is 0 Å². The van der Waals surface area contributed by atoms with Crippen LogP contribution in [0.15, 0.2) is 39.5 Å². The Morgan fingerprint density at radius 1 is 0.729 bits per heavy atom. The molecule has 0 unspecified atom stereocenters. The van der Waals surface area contributed by atoms with E-state index < -0.39 is 84.5 Å². The van der Waals surface area contributed by atoms with Crippen LogP contribution < -0.4 is 19.6 Å². The summed E-state index contributed by atoms with van der Waals surface area (Å²) < 4.78 is 37.2. The Morgan fingerprint density at radius 2 is 1.31 bits per heavy atom. The van der Waals surface area contributed by atoms with E-state index in [4.69, 9.17) is 32.8 Å². The standard InChI is InChI=1S/C29H30O19/c1-42-14-3-8(4-15(43-2)17(14)32)12-7-11(31)16-10(30)5-9(6-13(16)45-12)44-28-22(37)20(35)23(25(48-28)27(40)41)46-29-21(36)18(33)19(34)24(47-29)26(38)39/h3-7,18-25,28-30,32-37H,1-2H3,(H,38,39)(H,40,41)/t18-,19-,20+,21+,22+,23-,24-,25-,28+,29+/m0/s1. The third-order valence-corrected chi connectivity index (χ3v) is 7.69. The molecular formula is C29H30O19. The summed E-state index contributed by atoms with van der Waals surface area (Å²) in [5.41, 5.74) is -0.733. The van der Waals surface area contributed by atoms with Crippen LogP contribution in [0.3, 0.4) is 0 Å². The molecule has 0 bridgehead atoms. The summed E-state index contributed by atoms with van der Waals surface area (Å²) in [7, 11) is 2.58. The van der Waals surface area contributed by atoms with Crippen molar-refractivity contribution in [3.05, 3.63) is 40.6 Å². The van der Waals surface area contributed by atoms with Gasteiger partial charge in [0, 0.05) is 23.8 Å². The average molecular weight is 683 g/mol. The summed E-state index contributed by atoms with van der Waals surface area (Å²) in [4.78, 5) is 36.5. The van der Waals surface area contributed by atoms with Gasteiger partial charge in [-0.1, -0.05) is 0 Å². The van der Waals surface area contributed by atoms with Gasteiger partial charge in [0.15, 0.2) is 35.4 Å². The van der Waals surface area contributed by atoms with Gasteiger partial charge in [-0.3, -0.25) is 4.79 Å². The molecule has 48 heavy (non-hydrogen) atoms. The van der Waals surface area contributed by atoms with Gasteiger partial charge in [-0.15, -0.1) is 0 Å². The molecule has 2 aromatic carbocycles. The third kappa shape index (κ3) is 6.28. The Hall–Kier alpha value is -4.73. The molecule has 3 heterocycles. The first-order valence-corrected chi connectivity index (χ1v) is 13.9. The molecule has 0 amide bonds. The zero-order valence-electron chi connectivity index (χ0n) is 24.8. The van der Waals surface area contributed by atoms with E-state index in [0.717, 1.165) is 18.2 Å². The number of aliphatic hydroxyl groups excluding tert-OH is 5. The lowest BCUT2D eigenvalue weighted by Crippen LogP contribution is -2.66. The molecule has 0 radical (unpaired) electrons. The first kappa shape index (κ1) is 34.6. The minimum absolute atomic E-state index is 0.00989. The number of benzene rings is 2. The molecule has 2 aliphatic heterocycles. The van der Waals surface area contributed by atoms with Gasteiger partial charge in [0.25, 0.3) is 0 Å². The molecule has 9 N–H and O–H groups in total. The van der Waals surface area contributed by atoms with Crippen LogP contribution >= 0.6 is 0 Å². The van der Waals surface area contributed by atoms with E-state index in [-0.39, 0.29) is 45.3 Å². The second-order valence-electron chi connectivity index (χ2n) is 10.7. The fraction of sp³-hybridized carbons (Fsp3) is 0.414. The number of rotatable bonds is 9. The number of methoxy groups -OCH3 is 2. The second-order valence-corrected chi connectivity index (χ2v) is 10.7. The number of phenolic OH excluding ortho intramolecular Hbond substituents is 2. The van der Waals surface area contributed by atoms with Crippen LogP contribution in [0.25, 0.3) is 22.3 Å². The summed E-state index contributed by atoms with van der Waals surface area (Å²) in [5, 5.41) is 91.5. The van der Waals surface area contributed by atoms with E-state index >= 15 is 0 Å². The van der Waals surface area contributed by atoms with E-state index in [1.165, 1.54) is 26.4 Å². The number of ether oxygens (including phenoxy) is 6. The molecule has 19 heteroatoms. The molecule has 0 saturated carbocycles. The van der Waals surface area contributed by atoms with Crippen molar-refractivity contribution < 1.29 is 88.4 Å². The lowest BCUT2D eigenvalue weighted by molar-refractivity contribution is -0.343. The normalized spacial score (nSPS) is 30.5. The SMILES string of the molecule is COc1cc(-c2cc(=O)c3c(O)cc(O[C@@H]4O[C@H](C(=O)O)[C@@H](O[C@@H]5O[C@H](C(=O)O)[C@@H](O)[C@H](O)[C@H]5O)[C@H](O)[C@H]4O)cc3o2)cc(OC)c1O. The molecule has 0 aliphatic carbocycles. The van der Waals surface area contributed by atoms with Gasteiger partial charge in [0.05, 0.1) is 14.2 Å². The predicted octanol–water partition coefficient (Wildman–Crippen LogP) is -1.92. The van der Waals surface area contributed by atoms with Gasteiger partial charge in [-0.25, -0.2) is 9.59 Å². The van der Waals surface area contributed by atoms with Crippen LogP contribution in [0.1, 0.15) is 0 Å². The minimum atomic E-state index is -2.18. The second kappa shape index (κ2) is 13.4. The van der Waals surface area contributed by atoms with Crippen molar-refractivity contribution in [2.75, 3.05) is 14.2 Å². The van der Waals surface area contributed by atoms with Crippen molar-refractivity contribution in [1.82, 2.24) is 0 Å². The molecule has 1 aromatic heterocycles. The Balaban J connectivity index is 1.43. The highest BCUT2D eigenvalue weighted by atomic mass is 16.7. The van der Waals surface area contributed by atoms with Crippen molar-refractivity contribution in [3.63, 3.8) is 0 Å². The fourth-order valence-corrected chi connectivity index (χ4v) is 5.23. The number of aliphatic carboxylic acids is 2. The van der Waals surface area contributed by atoms with Crippen LogP contribution in [0.4, 0.5) is 0 Å². The molecule has 5 rings (SSSR count). The largest absolute Gasteiger partial charge is 0.507 e. The maximum absolute atomic E-state index is 13.0. The molecule has 2 fully saturated rings. The van der Waals surface area contributed by atoms with E-state index in [9.17, 15) is 60.3 Å². The number of carbonyl (C=O) groups is 2. The number of phenols is 2. The quantitative estimate of drug-likeness (QED) is 0.119.